The van der Waals surface area contributed by atoms with E-state index in [2.05, 4.69) is 6.08 Å². The van der Waals surface area contributed by atoms with E-state index in [1.54, 1.807) is 13.4 Å². The molecule has 1 N–H and O–H groups in total. The lowest BCUT2D eigenvalue weighted by atomic mass is 9.82. The predicted octanol–water partition coefficient (Wildman–Crippen LogP) is 2.18. The SMILES string of the molecule is CO/C=C/C12CCC(C(=O)O)(CC1)C2. The maximum Gasteiger partial charge on any atom is 0.309 e. The first-order valence-corrected chi connectivity index (χ1v) is 5.07. The lowest BCUT2D eigenvalue weighted by molar-refractivity contribution is -0.148. The van der Waals surface area contributed by atoms with Crippen LogP contribution in [0, 0.1) is 10.8 Å². The van der Waals surface area contributed by atoms with Gasteiger partial charge in [-0.15, -0.1) is 0 Å². The van der Waals surface area contributed by atoms with Crippen LogP contribution in [0.1, 0.15) is 32.1 Å². The molecule has 0 spiro atoms. The number of ether oxygens (including phenoxy) is 1. The average molecular weight is 196 g/mol. The molecule has 2 rings (SSSR count). The van der Waals surface area contributed by atoms with Crippen molar-refractivity contribution in [3.05, 3.63) is 12.3 Å². The molecule has 0 unspecified atom stereocenters. The molecular formula is C11H16O3. The number of carbonyl (C=O) groups is 1. The molecule has 0 aliphatic heterocycles. The van der Waals surface area contributed by atoms with Gasteiger partial charge < -0.3 is 9.84 Å². The summed E-state index contributed by atoms with van der Waals surface area (Å²) in [6.07, 6.45) is 8.22. The third-order valence-electron chi connectivity index (χ3n) is 3.90. The van der Waals surface area contributed by atoms with Gasteiger partial charge in [0.2, 0.25) is 0 Å². The highest BCUT2D eigenvalue weighted by Gasteiger charge is 2.57. The van der Waals surface area contributed by atoms with Crippen LogP contribution in [0.15, 0.2) is 12.3 Å². The summed E-state index contributed by atoms with van der Waals surface area (Å²) in [5, 5.41) is 9.17. The molecule has 3 nitrogen and oxygen atoms in total. The number of methoxy groups -OCH3 is 1. The topological polar surface area (TPSA) is 46.5 Å². The minimum Gasteiger partial charge on any atom is -0.505 e. The molecule has 0 amide bonds. The van der Waals surface area contributed by atoms with E-state index >= 15 is 0 Å². The Hall–Kier alpha value is -0.990. The van der Waals surface area contributed by atoms with Crippen LogP contribution in [-0.2, 0) is 9.53 Å². The summed E-state index contributed by atoms with van der Waals surface area (Å²) in [4.78, 5) is 11.1. The number of hydrogen-bond donors (Lipinski definition) is 1. The van der Waals surface area contributed by atoms with E-state index in [1.807, 2.05) is 0 Å². The number of carboxylic acid groups (broad SMARTS) is 1. The molecule has 0 aromatic rings. The first-order chi connectivity index (χ1) is 6.63. The molecule has 2 fully saturated rings. The number of rotatable bonds is 3. The van der Waals surface area contributed by atoms with Gasteiger partial charge in [-0.25, -0.2) is 0 Å². The van der Waals surface area contributed by atoms with Crippen LogP contribution in [-0.4, -0.2) is 18.2 Å². The van der Waals surface area contributed by atoms with E-state index in [4.69, 9.17) is 4.74 Å². The Labute approximate surface area is 83.8 Å². The third kappa shape index (κ3) is 1.22. The van der Waals surface area contributed by atoms with Gasteiger partial charge >= 0.3 is 5.97 Å². The Morgan fingerprint density at radius 3 is 2.43 bits per heavy atom. The van der Waals surface area contributed by atoms with Crippen molar-refractivity contribution >= 4 is 5.97 Å². The van der Waals surface area contributed by atoms with Crippen molar-refractivity contribution in [2.45, 2.75) is 32.1 Å². The zero-order chi connectivity index (χ0) is 10.2. The summed E-state index contributed by atoms with van der Waals surface area (Å²) in [5.74, 6) is -0.609. The molecule has 78 valence electrons. The molecule has 0 saturated heterocycles. The minimum absolute atomic E-state index is 0.119. The first kappa shape index (κ1) is 9.56. The second-order valence-electron chi connectivity index (χ2n) is 4.66. The molecule has 2 aliphatic rings. The lowest BCUT2D eigenvalue weighted by Gasteiger charge is -2.22. The summed E-state index contributed by atoms with van der Waals surface area (Å²) in [6, 6.07) is 0. The monoisotopic (exact) mass is 196 g/mol. The average Bonchev–Trinajstić information content (AvgIpc) is 2.72. The Balaban J connectivity index is 2.16. The first-order valence-electron chi connectivity index (χ1n) is 5.07. The molecule has 0 heterocycles. The van der Waals surface area contributed by atoms with Crippen LogP contribution >= 0.6 is 0 Å². The summed E-state index contributed by atoms with van der Waals surface area (Å²) in [6.45, 7) is 0. The van der Waals surface area contributed by atoms with Crippen LogP contribution in [0.4, 0.5) is 0 Å². The molecule has 2 bridgehead atoms. The normalized spacial score (nSPS) is 40.6. The number of aliphatic carboxylic acids is 1. The van der Waals surface area contributed by atoms with Crippen molar-refractivity contribution in [2.75, 3.05) is 7.11 Å². The van der Waals surface area contributed by atoms with Gasteiger partial charge in [0.15, 0.2) is 0 Å². The number of allylic oxidation sites excluding steroid dienone is 1. The predicted molar refractivity (Wildman–Crippen MR) is 51.7 cm³/mol. The van der Waals surface area contributed by atoms with E-state index in [1.165, 1.54) is 0 Å². The summed E-state index contributed by atoms with van der Waals surface area (Å²) in [7, 11) is 1.63. The molecule has 14 heavy (non-hydrogen) atoms. The minimum atomic E-state index is -0.609. The van der Waals surface area contributed by atoms with Crippen molar-refractivity contribution in [1.82, 2.24) is 0 Å². The maximum absolute atomic E-state index is 11.1. The molecule has 3 heteroatoms. The largest absolute Gasteiger partial charge is 0.505 e. The van der Waals surface area contributed by atoms with Gasteiger partial charge in [0.25, 0.3) is 0 Å². The van der Waals surface area contributed by atoms with Crippen LogP contribution in [0.3, 0.4) is 0 Å². The summed E-state index contributed by atoms with van der Waals surface area (Å²) in [5.41, 5.74) is -0.299. The van der Waals surface area contributed by atoms with Gasteiger partial charge in [-0.3, -0.25) is 4.79 Å². The van der Waals surface area contributed by atoms with Crippen LogP contribution in [0.2, 0.25) is 0 Å². The van der Waals surface area contributed by atoms with Gasteiger partial charge in [-0.2, -0.15) is 0 Å². The highest BCUT2D eigenvalue weighted by Crippen LogP contribution is 2.62. The van der Waals surface area contributed by atoms with E-state index in [0.29, 0.717) is 0 Å². The van der Waals surface area contributed by atoms with Crippen LogP contribution in [0.25, 0.3) is 0 Å². The van der Waals surface area contributed by atoms with E-state index < -0.39 is 11.4 Å². The fraction of sp³-hybridized carbons (Fsp3) is 0.727. The van der Waals surface area contributed by atoms with Crippen molar-refractivity contribution in [3.8, 4) is 0 Å². The molecule has 0 aromatic heterocycles. The Morgan fingerprint density at radius 2 is 2.00 bits per heavy atom. The van der Waals surface area contributed by atoms with Gasteiger partial charge in [0.05, 0.1) is 18.8 Å². The fourth-order valence-corrected chi connectivity index (χ4v) is 2.98. The summed E-state index contributed by atoms with van der Waals surface area (Å²) >= 11 is 0. The lowest BCUT2D eigenvalue weighted by Crippen LogP contribution is -2.25. The van der Waals surface area contributed by atoms with Crippen molar-refractivity contribution in [2.24, 2.45) is 10.8 Å². The van der Waals surface area contributed by atoms with Gasteiger partial charge in [-0.1, -0.05) is 0 Å². The zero-order valence-electron chi connectivity index (χ0n) is 8.45. The van der Waals surface area contributed by atoms with E-state index in [0.717, 1.165) is 32.1 Å². The number of carboxylic acids is 1. The second-order valence-corrected chi connectivity index (χ2v) is 4.66. The molecule has 0 radical (unpaired) electrons. The van der Waals surface area contributed by atoms with Crippen molar-refractivity contribution in [1.29, 1.82) is 0 Å². The van der Waals surface area contributed by atoms with Gasteiger partial charge in [0, 0.05) is 0 Å². The summed E-state index contributed by atoms with van der Waals surface area (Å²) < 4.78 is 4.91. The Bertz CT molecular complexity index is 272. The van der Waals surface area contributed by atoms with Crippen molar-refractivity contribution < 1.29 is 14.6 Å². The Kier molecular flexibility index (Phi) is 2.05. The van der Waals surface area contributed by atoms with Crippen LogP contribution in [0.5, 0.6) is 0 Å². The smallest absolute Gasteiger partial charge is 0.309 e. The van der Waals surface area contributed by atoms with Crippen molar-refractivity contribution in [3.63, 3.8) is 0 Å². The van der Waals surface area contributed by atoms with Crippen LogP contribution < -0.4 is 0 Å². The zero-order valence-corrected chi connectivity index (χ0v) is 8.45. The third-order valence-corrected chi connectivity index (χ3v) is 3.90. The van der Waals surface area contributed by atoms with Gasteiger partial charge in [0.1, 0.15) is 0 Å². The number of hydrogen-bond acceptors (Lipinski definition) is 2. The van der Waals surface area contributed by atoms with E-state index in [-0.39, 0.29) is 5.41 Å². The molecule has 0 atom stereocenters. The maximum atomic E-state index is 11.1. The van der Waals surface area contributed by atoms with E-state index in [9.17, 15) is 9.90 Å². The fourth-order valence-electron chi connectivity index (χ4n) is 2.98. The second kappa shape index (κ2) is 3.01. The highest BCUT2D eigenvalue weighted by molar-refractivity contribution is 5.76. The molecular weight excluding hydrogens is 180 g/mol. The number of fused-ring (bicyclic) bond motifs is 2. The Morgan fingerprint density at radius 1 is 1.36 bits per heavy atom. The molecule has 2 aliphatic carbocycles. The molecule has 2 saturated carbocycles. The standard InChI is InChI=1S/C11H16O3/c1-14-7-6-10-2-4-11(8-10,5-3-10)9(12)13/h6-7H,2-5,8H2,1H3,(H,12,13)/b7-6+. The highest BCUT2D eigenvalue weighted by atomic mass is 16.5. The van der Waals surface area contributed by atoms with Gasteiger partial charge in [-0.05, 0) is 43.6 Å². The quantitative estimate of drug-likeness (QED) is 0.704. The molecule has 0 aromatic carbocycles.